The molecule has 0 spiro atoms. The van der Waals surface area contributed by atoms with Crippen molar-refractivity contribution in [2.45, 2.75) is 37.4 Å². The smallest absolute Gasteiger partial charge is 0.247 e. The number of rotatable bonds is 7. The van der Waals surface area contributed by atoms with E-state index in [9.17, 15) is 13.5 Å². The van der Waals surface area contributed by atoms with Crippen LogP contribution in [0.1, 0.15) is 19.5 Å². The molecular formula is C27H33N3O4S. The van der Waals surface area contributed by atoms with Gasteiger partial charge in [0, 0.05) is 37.8 Å². The molecule has 2 heterocycles. The Labute approximate surface area is 208 Å². The second-order valence-corrected chi connectivity index (χ2v) is 11.1. The van der Waals surface area contributed by atoms with E-state index in [4.69, 9.17) is 4.74 Å². The van der Waals surface area contributed by atoms with E-state index < -0.39 is 16.1 Å². The molecule has 0 saturated heterocycles. The molecule has 0 saturated carbocycles. The summed E-state index contributed by atoms with van der Waals surface area (Å²) in [4.78, 5) is 6.68. The minimum absolute atomic E-state index is 0.113. The van der Waals surface area contributed by atoms with Crippen LogP contribution < -0.4 is 4.74 Å². The number of nitrogens with zero attached hydrogens (tertiary/aromatic N) is 3. The molecule has 0 aliphatic carbocycles. The lowest BCUT2D eigenvalue weighted by molar-refractivity contribution is 0.0731. The average Bonchev–Trinajstić information content (AvgIpc) is 2.86. The van der Waals surface area contributed by atoms with Gasteiger partial charge in [-0.3, -0.25) is 9.88 Å². The first kappa shape index (κ1) is 25.3. The van der Waals surface area contributed by atoms with Gasteiger partial charge in [-0.25, -0.2) is 8.42 Å². The maximum absolute atomic E-state index is 13.7. The van der Waals surface area contributed by atoms with E-state index in [1.54, 1.807) is 19.2 Å². The first-order valence-corrected chi connectivity index (χ1v) is 13.3. The molecule has 1 aliphatic heterocycles. The van der Waals surface area contributed by atoms with Crippen molar-refractivity contribution in [1.82, 2.24) is 14.2 Å². The van der Waals surface area contributed by atoms with Crippen LogP contribution in [0.15, 0.2) is 77.8 Å². The van der Waals surface area contributed by atoms with Crippen molar-refractivity contribution in [3.63, 3.8) is 0 Å². The van der Waals surface area contributed by atoms with Crippen molar-refractivity contribution in [2.75, 3.05) is 26.7 Å². The summed E-state index contributed by atoms with van der Waals surface area (Å²) >= 11 is 0. The van der Waals surface area contributed by atoms with Gasteiger partial charge in [-0.2, -0.15) is 4.31 Å². The van der Waals surface area contributed by atoms with Crippen molar-refractivity contribution >= 4 is 10.0 Å². The van der Waals surface area contributed by atoms with Crippen LogP contribution >= 0.6 is 0 Å². The van der Waals surface area contributed by atoms with E-state index in [1.807, 2.05) is 74.6 Å². The highest BCUT2D eigenvalue weighted by molar-refractivity contribution is 7.89. The standard InChI is InChI=1S/C27H33N3O4S/c1-20-16-30(21(2)19-31)35(32,33)27-13-12-23(22-9-5-4-6-10-22)15-25(27)34-26(20)18-29(3)17-24-11-7-8-14-28-24/h4-15,20-21,26,31H,16-19H2,1-3H3/t20-,21+,26+/m0/s1. The molecule has 1 N–H and O–H groups in total. The molecule has 0 fully saturated rings. The highest BCUT2D eigenvalue weighted by atomic mass is 32.2. The molecule has 35 heavy (non-hydrogen) atoms. The van der Waals surface area contributed by atoms with E-state index >= 15 is 0 Å². The molecule has 1 aliphatic rings. The molecule has 0 bridgehead atoms. The molecule has 3 aromatic rings. The Morgan fingerprint density at radius 1 is 1.11 bits per heavy atom. The van der Waals surface area contributed by atoms with Crippen LogP contribution in [0.3, 0.4) is 0 Å². The number of aliphatic hydroxyl groups excluding tert-OH is 1. The largest absolute Gasteiger partial charge is 0.487 e. The monoisotopic (exact) mass is 495 g/mol. The predicted octanol–water partition coefficient (Wildman–Crippen LogP) is 3.65. The first-order chi connectivity index (χ1) is 16.8. The number of likely N-dealkylation sites (N-methyl/N-ethyl adjacent to an activating group) is 1. The summed E-state index contributed by atoms with van der Waals surface area (Å²) in [6.45, 7) is 4.97. The summed E-state index contributed by atoms with van der Waals surface area (Å²) in [5.41, 5.74) is 2.82. The summed E-state index contributed by atoms with van der Waals surface area (Å²) in [5.74, 6) is 0.225. The Morgan fingerprint density at radius 3 is 2.54 bits per heavy atom. The zero-order valence-electron chi connectivity index (χ0n) is 20.4. The van der Waals surface area contributed by atoms with Gasteiger partial charge < -0.3 is 9.84 Å². The molecule has 2 aromatic carbocycles. The van der Waals surface area contributed by atoms with Gasteiger partial charge in [0.25, 0.3) is 0 Å². The van der Waals surface area contributed by atoms with E-state index in [0.29, 0.717) is 18.8 Å². The van der Waals surface area contributed by atoms with Crippen LogP contribution in [-0.2, 0) is 16.6 Å². The number of aliphatic hydroxyl groups is 1. The lowest BCUT2D eigenvalue weighted by Gasteiger charge is -2.37. The van der Waals surface area contributed by atoms with E-state index in [2.05, 4.69) is 9.88 Å². The third-order valence-electron chi connectivity index (χ3n) is 6.42. The molecule has 0 unspecified atom stereocenters. The molecular weight excluding hydrogens is 462 g/mol. The lowest BCUT2D eigenvalue weighted by atomic mass is 10.0. The second kappa shape index (κ2) is 10.9. The molecule has 4 rings (SSSR count). The number of aromatic nitrogens is 1. The summed E-state index contributed by atoms with van der Waals surface area (Å²) < 4.78 is 35.2. The predicted molar refractivity (Wildman–Crippen MR) is 136 cm³/mol. The molecule has 0 amide bonds. The fraction of sp³-hybridized carbons (Fsp3) is 0.370. The third-order valence-corrected chi connectivity index (χ3v) is 8.44. The normalized spacial score (nSPS) is 20.9. The Hall–Kier alpha value is -2.78. The number of pyridine rings is 1. The van der Waals surface area contributed by atoms with Crippen molar-refractivity contribution in [3.8, 4) is 16.9 Å². The number of benzene rings is 2. The maximum Gasteiger partial charge on any atom is 0.247 e. The fourth-order valence-corrected chi connectivity index (χ4v) is 6.22. The summed E-state index contributed by atoms with van der Waals surface area (Å²) in [6, 6.07) is 20.4. The highest BCUT2D eigenvalue weighted by Gasteiger charge is 2.38. The minimum Gasteiger partial charge on any atom is -0.487 e. The van der Waals surface area contributed by atoms with Crippen molar-refractivity contribution < 1.29 is 18.3 Å². The minimum atomic E-state index is -3.86. The highest BCUT2D eigenvalue weighted by Crippen LogP contribution is 2.36. The molecule has 7 nitrogen and oxygen atoms in total. The SMILES string of the molecule is C[C@H](CO)N1C[C@H](C)[C@@H](CN(C)Cc2ccccn2)Oc2cc(-c3ccccc3)ccc2S1(=O)=O. The second-order valence-electron chi connectivity index (χ2n) is 9.29. The molecule has 186 valence electrons. The average molecular weight is 496 g/mol. The van der Waals surface area contributed by atoms with Crippen LogP contribution in [0.4, 0.5) is 0 Å². The number of hydrogen-bond donors (Lipinski definition) is 1. The van der Waals surface area contributed by atoms with Crippen LogP contribution in [0, 0.1) is 5.92 Å². The van der Waals surface area contributed by atoms with Crippen molar-refractivity contribution in [3.05, 3.63) is 78.6 Å². The lowest BCUT2D eigenvalue weighted by Crippen LogP contribution is -2.49. The van der Waals surface area contributed by atoms with Crippen LogP contribution in [0.2, 0.25) is 0 Å². The zero-order valence-corrected chi connectivity index (χ0v) is 21.2. The number of fused-ring (bicyclic) bond motifs is 1. The Kier molecular flexibility index (Phi) is 7.86. The van der Waals surface area contributed by atoms with Crippen molar-refractivity contribution in [1.29, 1.82) is 0 Å². The molecule has 8 heteroatoms. The fourth-order valence-electron chi connectivity index (χ4n) is 4.39. The van der Waals surface area contributed by atoms with Crippen LogP contribution in [0.5, 0.6) is 5.75 Å². The van der Waals surface area contributed by atoms with Gasteiger partial charge in [-0.05, 0) is 49.4 Å². The van der Waals surface area contributed by atoms with Crippen LogP contribution in [0.25, 0.3) is 11.1 Å². The summed E-state index contributed by atoms with van der Waals surface area (Å²) in [5, 5.41) is 9.83. The van der Waals surface area contributed by atoms with E-state index in [1.165, 1.54) is 4.31 Å². The van der Waals surface area contributed by atoms with Gasteiger partial charge >= 0.3 is 0 Å². The summed E-state index contributed by atoms with van der Waals surface area (Å²) in [7, 11) is -1.85. The van der Waals surface area contributed by atoms with Gasteiger partial charge in [0.1, 0.15) is 16.7 Å². The van der Waals surface area contributed by atoms with Crippen LogP contribution in [-0.4, -0.2) is 66.6 Å². The Balaban J connectivity index is 1.72. The van der Waals surface area contributed by atoms with E-state index in [0.717, 1.165) is 16.8 Å². The van der Waals surface area contributed by atoms with Crippen molar-refractivity contribution in [2.24, 2.45) is 5.92 Å². The topological polar surface area (TPSA) is 83.0 Å². The molecule has 0 radical (unpaired) electrons. The van der Waals surface area contributed by atoms with Gasteiger partial charge in [-0.1, -0.05) is 49.4 Å². The quantitative estimate of drug-likeness (QED) is 0.539. The molecule has 3 atom stereocenters. The zero-order chi connectivity index (χ0) is 25.0. The Morgan fingerprint density at radius 2 is 1.86 bits per heavy atom. The van der Waals surface area contributed by atoms with Gasteiger partial charge in [0.15, 0.2) is 0 Å². The number of hydrogen-bond acceptors (Lipinski definition) is 6. The van der Waals surface area contributed by atoms with Gasteiger partial charge in [0.2, 0.25) is 10.0 Å². The number of ether oxygens (including phenoxy) is 1. The number of sulfonamides is 1. The Bertz CT molecular complexity index is 1220. The summed E-state index contributed by atoms with van der Waals surface area (Å²) in [6.07, 6.45) is 1.51. The third kappa shape index (κ3) is 5.73. The van der Waals surface area contributed by atoms with Gasteiger partial charge in [0.05, 0.1) is 12.3 Å². The molecule has 1 aromatic heterocycles. The first-order valence-electron chi connectivity index (χ1n) is 11.9. The van der Waals surface area contributed by atoms with E-state index in [-0.39, 0.29) is 30.1 Å². The maximum atomic E-state index is 13.7. The van der Waals surface area contributed by atoms with Gasteiger partial charge in [-0.15, -0.1) is 0 Å².